The molecule has 1 aromatic carbocycles. The first-order chi connectivity index (χ1) is 9.92. The minimum absolute atomic E-state index is 0.162. The predicted molar refractivity (Wildman–Crippen MR) is 77.1 cm³/mol. The molecular formula is C13H10Cl2N2O4. The number of hydrogen-bond acceptors (Lipinski definition) is 5. The summed E-state index contributed by atoms with van der Waals surface area (Å²) in [7, 11) is 1.13. The van der Waals surface area contributed by atoms with E-state index in [0.717, 1.165) is 7.11 Å². The van der Waals surface area contributed by atoms with Gasteiger partial charge in [-0.2, -0.15) is 0 Å². The lowest BCUT2D eigenvalue weighted by Crippen LogP contribution is -2.18. The number of carbonyl (C=O) groups excluding carboxylic acids is 1. The van der Waals surface area contributed by atoms with Gasteiger partial charge >= 0.3 is 5.97 Å². The number of aromatic nitrogens is 2. The molecule has 2 rings (SSSR count). The van der Waals surface area contributed by atoms with Crippen LogP contribution in [-0.4, -0.2) is 28.2 Å². The highest BCUT2D eigenvalue weighted by Crippen LogP contribution is 2.22. The van der Waals surface area contributed by atoms with Crippen LogP contribution in [0.2, 0.25) is 10.0 Å². The standard InChI is InChI=1S/C13H10Cl2N2O4/c1-21-13(20)10-11(18)12(19)17-9(16-10)4-6-2-3-7(14)5-8(6)15/h2-3,5,18H,4H2,1H3,(H,16,17,19). The number of methoxy groups -OCH3 is 1. The second-order valence-electron chi connectivity index (χ2n) is 4.11. The molecule has 0 aliphatic heterocycles. The van der Waals surface area contributed by atoms with E-state index in [1.54, 1.807) is 18.2 Å². The summed E-state index contributed by atoms with van der Waals surface area (Å²) in [5, 5.41) is 10.4. The zero-order chi connectivity index (χ0) is 15.6. The summed E-state index contributed by atoms with van der Waals surface area (Å²) in [6, 6.07) is 4.87. The maximum atomic E-state index is 11.6. The average molecular weight is 329 g/mol. The number of nitrogens with zero attached hydrogens (tertiary/aromatic N) is 1. The summed E-state index contributed by atoms with van der Waals surface area (Å²) >= 11 is 11.8. The molecule has 0 aliphatic carbocycles. The van der Waals surface area contributed by atoms with Crippen molar-refractivity contribution in [3.05, 3.63) is 55.7 Å². The van der Waals surface area contributed by atoms with Crippen LogP contribution < -0.4 is 5.56 Å². The maximum Gasteiger partial charge on any atom is 0.360 e. The lowest BCUT2D eigenvalue weighted by molar-refractivity contribution is 0.0589. The topological polar surface area (TPSA) is 92.3 Å². The molecule has 1 aromatic heterocycles. The molecule has 8 heteroatoms. The Hall–Kier alpha value is -2.05. The van der Waals surface area contributed by atoms with Crippen molar-refractivity contribution in [1.29, 1.82) is 0 Å². The van der Waals surface area contributed by atoms with Gasteiger partial charge in [0.25, 0.3) is 5.56 Å². The van der Waals surface area contributed by atoms with Gasteiger partial charge in [0.1, 0.15) is 5.82 Å². The van der Waals surface area contributed by atoms with Gasteiger partial charge in [-0.25, -0.2) is 9.78 Å². The smallest absolute Gasteiger partial charge is 0.360 e. The van der Waals surface area contributed by atoms with Gasteiger partial charge in [0.2, 0.25) is 5.75 Å². The van der Waals surface area contributed by atoms with E-state index in [1.165, 1.54) is 0 Å². The number of carbonyl (C=O) groups is 1. The van der Waals surface area contributed by atoms with Crippen molar-refractivity contribution in [2.75, 3.05) is 7.11 Å². The number of aromatic amines is 1. The van der Waals surface area contributed by atoms with Crippen LogP contribution in [0.25, 0.3) is 0 Å². The van der Waals surface area contributed by atoms with Crippen molar-refractivity contribution in [1.82, 2.24) is 9.97 Å². The molecule has 0 saturated carbocycles. The van der Waals surface area contributed by atoms with Crippen LogP contribution in [0.3, 0.4) is 0 Å². The molecule has 0 radical (unpaired) electrons. The number of esters is 1. The first kappa shape index (κ1) is 15.3. The Kier molecular flexibility index (Phi) is 4.50. The SMILES string of the molecule is COC(=O)c1nc(Cc2ccc(Cl)cc2Cl)[nH]c(=O)c1O. The predicted octanol–water partition coefficient (Wildman–Crippen LogP) is 2.16. The Bertz CT molecular complexity index is 758. The monoisotopic (exact) mass is 328 g/mol. The molecule has 0 amide bonds. The van der Waals surface area contributed by atoms with Crippen molar-refractivity contribution in [2.45, 2.75) is 6.42 Å². The average Bonchev–Trinajstić information content (AvgIpc) is 2.44. The second-order valence-corrected chi connectivity index (χ2v) is 4.96. The highest BCUT2D eigenvalue weighted by Gasteiger charge is 2.18. The third-order valence-electron chi connectivity index (χ3n) is 2.70. The number of rotatable bonds is 3. The molecule has 2 N–H and O–H groups in total. The summed E-state index contributed by atoms with van der Waals surface area (Å²) in [4.78, 5) is 29.3. The zero-order valence-corrected chi connectivity index (χ0v) is 12.3. The van der Waals surface area contributed by atoms with Gasteiger partial charge in [0, 0.05) is 16.5 Å². The third-order valence-corrected chi connectivity index (χ3v) is 3.28. The van der Waals surface area contributed by atoms with Gasteiger partial charge in [0.05, 0.1) is 7.11 Å². The quantitative estimate of drug-likeness (QED) is 0.842. The van der Waals surface area contributed by atoms with Crippen molar-refractivity contribution < 1.29 is 14.6 Å². The van der Waals surface area contributed by atoms with Gasteiger partial charge in [0.15, 0.2) is 5.69 Å². The molecule has 0 fully saturated rings. The molecule has 0 aliphatic rings. The molecule has 0 unspecified atom stereocenters. The first-order valence-corrected chi connectivity index (χ1v) is 6.52. The minimum atomic E-state index is -0.901. The molecule has 2 aromatic rings. The largest absolute Gasteiger partial charge is 0.501 e. The van der Waals surface area contributed by atoms with Crippen molar-refractivity contribution in [3.63, 3.8) is 0 Å². The fourth-order valence-corrected chi connectivity index (χ4v) is 2.16. The number of ether oxygens (including phenoxy) is 1. The lowest BCUT2D eigenvalue weighted by Gasteiger charge is -2.07. The molecule has 0 atom stereocenters. The summed E-state index contributed by atoms with van der Waals surface area (Å²) in [5.41, 5.74) is -0.613. The van der Waals surface area contributed by atoms with E-state index in [0.29, 0.717) is 15.6 Å². The van der Waals surface area contributed by atoms with Crippen LogP contribution >= 0.6 is 23.2 Å². The number of nitrogens with one attached hydrogen (secondary N) is 1. The van der Waals surface area contributed by atoms with Crippen LogP contribution in [0.1, 0.15) is 21.9 Å². The van der Waals surface area contributed by atoms with Gasteiger partial charge in [-0.15, -0.1) is 0 Å². The third kappa shape index (κ3) is 3.34. The fourth-order valence-electron chi connectivity index (χ4n) is 1.68. The molecule has 0 spiro atoms. The summed E-state index contributed by atoms with van der Waals surface area (Å²) < 4.78 is 4.46. The Morgan fingerprint density at radius 1 is 1.43 bits per heavy atom. The summed E-state index contributed by atoms with van der Waals surface area (Å²) in [5.74, 6) is -1.52. The molecule has 0 saturated heterocycles. The van der Waals surface area contributed by atoms with E-state index >= 15 is 0 Å². The maximum absolute atomic E-state index is 11.6. The van der Waals surface area contributed by atoms with Crippen LogP contribution in [0.15, 0.2) is 23.0 Å². The van der Waals surface area contributed by atoms with Crippen molar-refractivity contribution >= 4 is 29.2 Å². The van der Waals surface area contributed by atoms with E-state index in [2.05, 4.69) is 14.7 Å². The fraction of sp³-hybridized carbons (Fsp3) is 0.154. The van der Waals surface area contributed by atoms with Crippen LogP contribution in [0, 0.1) is 0 Å². The molecule has 110 valence electrons. The normalized spacial score (nSPS) is 10.4. The Morgan fingerprint density at radius 3 is 2.76 bits per heavy atom. The van der Waals surface area contributed by atoms with Gasteiger partial charge < -0.3 is 14.8 Å². The number of hydrogen-bond donors (Lipinski definition) is 2. The van der Waals surface area contributed by atoms with Gasteiger partial charge in [-0.3, -0.25) is 4.79 Å². The summed E-state index contributed by atoms with van der Waals surface area (Å²) in [6.45, 7) is 0. The summed E-state index contributed by atoms with van der Waals surface area (Å²) in [6.07, 6.45) is 0.162. The Labute approximate surface area is 129 Å². The minimum Gasteiger partial charge on any atom is -0.501 e. The van der Waals surface area contributed by atoms with E-state index in [-0.39, 0.29) is 12.2 Å². The van der Waals surface area contributed by atoms with Crippen LogP contribution in [-0.2, 0) is 11.2 Å². The molecule has 0 bridgehead atoms. The molecule has 21 heavy (non-hydrogen) atoms. The van der Waals surface area contributed by atoms with Crippen LogP contribution in [0.4, 0.5) is 0 Å². The molecular weight excluding hydrogens is 319 g/mol. The Balaban J connectivity index is 2.43. The second kappa shape index (κ2) is 6.15. The van der Waals surface area contributed by atoms with Crippen molar-refractivity contribution in [2.24, 2.45) is 0 Å². The number of aromatic hydroxyl groups is 1. The van der Waals surface area contributed by atoms with Gasteiger partial charge in [-0.1, -0.05) is 29.3 Å². The lowest BCUT2D eigenvalue weighted by atomic mass is 10.1. The zero-order valence-electron chi connectivity index (χ0n) is 10.8. The van der Waals surface area contributed by atoms with Gasteiger partial charge in [-0.05, 0) is 17.7 Å². The number of benzene rings is 1. The van der Waals surface area contributed by atoms with E-state index in [1.807, 2.05) is 0 Å². The van der Waals surface area contributed by atoms with Crippen LogP contribution in [0.5, 0.6) is 5.75 Å². The molecule has 1 heterocycles. The highest BCUT2D eigenvalue weighted by atomic mass is 35.5. The number of H-pyrrole nitrogens is 1. The van der Waals surface area contributed by atoms with E-state index < -0.39 is 23.0 Å². The number of halogens is 2. The first-order valence-electron chi connectivity index (χ1n) is 5.76. The molecule has 6 nitrogen and oxygen atoms in total. The van der Waals surface area contributed by atoms with E-state index in [9.17, 15) is 14.7 Å². The highest BCUT2D eigenvalue weighted by molar-refractivity contribution is 6.35. The van der Waals surface area contributed by atoms with Crippen molar-refractivity contribution in [3.8, 4) is 5.75 Å². The van der Waals surface area contributed by atoms with E-state index in [4.69, 9.17) is 23.2 Å². The Morgan fingerprint density at radius 2 is 2.14 bits per heavy atom.